The van der Waals surface area contributed by atoms with Crippen molar-refractivity contribution < 1.29 is 18.9 Å². The number of nitrogens with one attached hydrogen (secondary N) is 1. The molecule has 2 aliphatic heterocycles. The average molecular weight is 403 g/mol. The van der Waals surface area contributed by atoms with Gasteiger partial charge in [-0.1, -0.05) is 42.5 Å². The molecule has 2 aliphatic rings. The number of rotatable bonds is 8. The van der Waals surface area contributed by atoms with E-state index in [9.17, 15) is 0 Å². The summed E-state index contributed by atoms with van der Waals surface area (Å²) in [6.07, 6.45) is 2.02. The maximum atomic E-state index is 5.60. The Morgan fingerprint density at radius 3 is 2.20 bits per heavy atom. The summed E-state index contributed by atoms with van der Waals surface area (Å²) in [6, 6.07) is 23.1. The van der Waals surface area contributed by atoms with Crippen LogP contribution in [0.4, 0.5) is 0 Å². The quantitative estimate of drug-likeness (QED) is 0.555. The molecule has 5 heteroatoms. The Labute approximate surface area is 176 Å². The Balaban J connectivity index is 1.24. The van der Waals surface area contributed by atoms with Crippen LogP contribution in [0.3, 0.4) is 0 Å². The van der Waals surface area contributed by atoms with Crippen molar-refractivity contribution in [3.05, 3.63) is 83.4 Å². The topological polar surface area (TPSA) is 49.0 Å². The van der Waals surface area contributed by atoms with Crippen molar-refractivity contribution in [2.45, 2.75) is 25.3 Å². The van der Waals surface area contributed by atoms with E-state index < -0.39 is 0 Å². The number of fused-ring (bicyclic) bond motifs is 2. The van der Waals surface area contributed by atoms with Crippen molar-refractivity contribution in [3.8, 4) is 23.0 Å². The minimum absolute atomic E-state index is 0.305. The molecule has 2 heterocycles. The molecule has 0 saturated carbocycles. The van der Waals surface area contributed by atoms with Crippen LogP contribution in [-0.4, -0.2) is 20.1 Å². The minimum Gasteiger partial charge on any atom is -0.454 e. The van der Waals surface area contributed by atoms with Crippen LogP contribution >= 0.6 is 0 Å². The first-order valence-electron chi connectivity index (χ1n) is 10.4. The zero-order chi connectivity index (χ0) is 20.2. The van der Waals surface area contributed by atoms with Crippen molar-refractivity contribution in [2.75, 3.05) is 20.1 Å². The van der Waals surface area contributed by atoms with Gasteiger partial charge in [0.05, 0.1) is 0 Å². The zero-order valence-electron chi connectivity index (χ0n) is 16.8. The van der Waals surface area contributed by atoms with Gasteiger partial charge in [-0.3, -0.25) is 0 Å². The highest BCUT2D eigenvalue weighted by Gasteiger charge is 2.19. The van der Waals surface area contributed by atoms with Gasteiger partial charge < -0.3 is 24.3 Å². The second-order valence-electron chi connectivity index (χ2n) is 7.65. The van der Waals surface area contributed by atoms with Crippen LogP contribution in [0.25, 0.3) is 0 Å². The largest absolute Gasteiger partial charge is 0.454 e. The first-order valence-corrected chi connectivity index (χ1v) is 10.4. The highest BCUT2D eigenvalue weighted by molar-refractivity contribution is 5.46. The maximum absolute atomic E-state index is 5.60. The monoisotopic (exact) mass is 403 g/mol. The molecule has 3 aromatic carbocycles. The van der Waals surface area contributed by atoms with Crippen LogP contribution in [-0.2, 0) is 13.0 Å². The molecule has 3 aromatic rings. The smallest absolute Gasteiger partial charge is 0.231 e. The van der Waals surface area contributed by atoms with Crippen LogP contribution in [0, 0.1) is 0 Å². The fourth-order valence-corrected chi connectivity index (χ4v) is 4.01. The summed E-state index contributed by atoms with van der Waals surface area (Å²) in [5, 5.41) is 3.58. The molecule has 5 nitrogen and oxygen atoms in total. The third-order valence-electron chi connectivity index (χ3n) is 5.63. The Morgan fingerprint density at radius 1 is 0.700 bits per heavy atom. The highest BCUT2D eigenvalue weighted by atomic mass is 16.7. The first kappa shape index (κ1) is 18.8. The lowest BCUT2D eigenvalue weighted by Crippen LogP contribution is -2.18. The molecule has 0 bridgehead atoms. The van der Waals surface area contributed by atoms with Gasteiger partial charge in [-0.25, -0.2) is 0 Å². The summed E-state index contributed by atoms with van der Waals surface area (Å²) < 4.78 is 21.9. The van der Waals surface area contributed by atoms with Gasteiger partial charge >= 0.3 is 0 Å². The van der Waals surface area contributed by atoms with Crippen LogP contribution in [0.5, 0.6) is 23.0 Å². The molecule has 0 amide bonds. The summed E-state index contributed by atoms with van der Waals surface area (Å²) in [4.78, 5) is 0. The highest BCUT2D eigenvalue weighted by Crippen LogP contribution is 2.36. The second kappa shape index (κ2) is 8.67. The van der Waals surface area contributed by atoms with Crippen LogP contribution in [0.1, 0.15) is 29.0 Å². The number of benzene rings is 3. The van der Waals surface area contributed by atoms with E-state index in [1.807, 2.05) is 12.1 Å². The van der Waals surface area contributed by atoms with E-state index in [-0.39, 0.29) is 0 Å². The van der Waals surface area contributed by atoms with Crippen molar-refractivity contribution in [3.63, 3.8) is 0 Å². The van der Waals surface area contributed by atoms with E-state index in [0.717, 1.165) is 48.9 Å². The maximum Gasteiger partial charge on any atom is 0.231 e. The lowest BCUT2D eigenvalue weighted by Gasteiger charge is -2.19. The van der Waals surface area contributed by atoms with Gasteiger partial charge in [0.15, 0.2) is 23.0 Å². The molecule has 0 radical (unpaired) electrons. The fourth-order valence-electron chi connectivity index (χ4n) is 4.01. The zero-order valence-corrected chi connectivity index (χ0v) is 16.8. The third kappa shape index (κ3) is 4.21. The van der Waals surface area contributed by atoms with Gasteiger partial charge in [0.25, 0.3) is 0 Å². The summed E-state index contributed by atoms with van der Waals surface area (Å²) in [7, 11) is 0. The third-order valence-corrected chi connectivity index (χ3v) is 5.63. The molecule has 1 atom stereocenters. The molecule has 0 aliphatic carbocycles. The minimum atomic E-state index is 0.305. The van der Waals surface area contributed by atoms with E-state index in [2.05, 4.69) is 59.9 Å². The lowest BCUT2D eigenvalue weighted by atomic mass is 9.89. The molecule has 154 valence electrons. The van der Waals surface area contributed by atoms with Gasteiger partial charge in [-0.2, -0.15) is 0 Å². The molecule has 0 fully saturated rings. The van der Waals surface area contributed by atoms with Crippen LogP contribution in [0.15, 0.2) is 66.7 Å². The van der Waals surface area contributed by atoms with E-state index in [1.165, 1.54) is 16.7 Å². The van der Waals surface area contributed by atoms with Crippen LogP contribution in [0.2, 0.25) is 0 Å². The van der Waals surface area contributed by atoms with Gasteiger partial charge in [0.2, 0.25) is 13.6 Å². The molecule has 0 saturated heterocycles. The molecular weight excluding hydrogens is 378 g/mol. The van der Waals surface area contributed by atoms with Crippen molar-refractivity contribution >= 4 is 0 Å². The molecule has 1 N–H and O–H groups in total. The van der Waals surface area contributed by atoms with Crippen molar-refractivity contribution in [1.29, 1.82) is 0 Å². The normalized spacial score (nSPS) is 14.7. The van der Waals surface area contributed by atoms with Crippen molar-refractivity contribution in [2.24, 2.45) is 0 Å². The number of hydrogen-bond acceptors (Lipinski definition) is 5. The van der Waals surface area contributed by atoms with Gasteiger partial charge in [0.1, 0.15) is 0 Å². The molecule has 5 rings (SSSR count). The molecular formula is C25H25NO4. The fraction of sp³-hybridized carbons (Fsp3) is 0.280. The number of hydrogen-bond donors (Lipinski definition) is 1. The summed E-state index contributed by atoms with van der Waals surface area (Å²) in [5.41, 5.74) is 3.82. The Hall–Kier alpha value is -3.18. The summed E-state index contributed by atoms with van der Waals surface area (Å²) >= 11 is 0. The molecule has 0 aromatic heterocycles. The predicted molar refractivity (Wildman–Crippen MR) is 114 cm³/mol. The van der Waals surface area contributed by atoms with E-state index in [4.69, 9.17) is 18.9 Å². The lowest BCUT2D eigenvalue weighted by molar-refractivity contribution is 0.173. The Morgan fingerprint density at radius 2 is 1.40 bits per heavy atom. The van der Waals surface area contributed by atoms with Gasteiger partial charge in [0, 0.05) is 6.54 Å². The Bertz CT molecular complexity index is 1010. The summed E-state index contributed by atoms with van der Waals surface area (Å²) in [6.45, 7) is 2.33. The van der Waals surface area contributed by atoms with Gasteiger partial charge in [-0.05, 0) is 66.3 Å². The predicted octanol–water partition coefficient (Wildman–Crippen LogP) is 4.65. The number of ether oxygens (including phenoxy) is 4. The van der Waals surface area contributed by atoms with E-state index >= 15 is 0 Å². The first-order chi connectivity index (χ1) is 14.8. The molecule has 30 heavy (non-hydrogen) atoms. The SMILES string of the molecule is c1ccc(C[C@@H](CCNCc2ccc3c(c2)OCO3)c2ccc3c(c2)OCO3)cc1. The summed E-state index contributed by atoms with van der Waals surface area (Å²) in [5.74, 6) is 3.73. The Kier molecular flexibility index (Phi) is 5.44. The standard InChI is InChI=1S/C25H25NO4/c1-2-4-18(5-3-1)12-21(20-7-9-23-25(14-20)30-17-28-23)10-11-26-15-19-6-8-22-24(13-19)29-16-27-22/h1-9,13-14,21,26H,10-12,15-17H2/t21-/m1/s1. The van der Waals surface area contributed by atoms with Gasteiger partial charge in [-0.15, -0.1) is 0 Å². The molecule has 0 unspecified atom stereocenters. The average Bonchev–Trinajstić information content (AvgIpc) is 3.44. The van der Waals surface area contributed by atoms with E-state index in [1.54, 1.807) is 0 Å². The van der Waals surface area contributed by atoms with Crippen LogP contribution < -0.4 is 24.3 Å². The van der Waals surface area contributed by atoms with E-state index in [0.29, 0.717) is 19.5 Å². The second-order valence-corrected chi connectivity index (χ2v) is 7.65. The molecule has 0 spiro atoms. The van der Waals surface area contributed by atoms with Crippen molar-refractivity contribution in [1.82, 2.24) is 5.32 Å².